The van der Waals surface area contributed by atoms with Crippen LogP contribution in [-0.4, -0.2) is 66.1 Å². The monoisotopic (exact) mass is 385 g/mol. The number of amides is 1. The molecule has 0 N–H and O–H groups in total. The maximum atomic E-state index is 13.0. The number of para-hydroxylation sites is 1. The van der Waals surface area contributed by atoms with Crippen LogP contribution in [0.5, 0.6) is 0 Å². The number of hydrogen-bond donors (Lipinski definition) is 0. The second-order valence-corrected chi connectivity index (χ2v) is 8.06. The highest BCUT2D eigenvalue weighted by Crippen LogP contribution is 2.29. The second kappa shape index (κ2) is 7.28. The third-order valence-electron chi connectivity index (χ3n) is 4.78. The lowest BCUT2D eigenvalue weighted by molar-refractivity contribution is 0.0734. The Kier molecular flexibility index (Phi) is 4.84. The third kappa shape index (κ3) is 3.54. The molecule has 0 unspecified atom stereocenters. The maximum absolute atomic E-state index is 13.0. The van der Waals surface area contributed by atoms with Crippen LogP contribution in [0.4, 0.5) is 5.13 Å². The Hall–Kier alpha value is -2.45. The summed E-state index contributed by atoms with van der Waals surface area (Å²) in [6, 6.07) is 8.17. The first-order valence-electron chi connectivity index (χ1n) is 9.02. The summed E-state index contributed by atoms with van der Waals surface area (Å²) in [5.74, 6) is 0.660. The van der Waals surface area contributed by atoms with Crippen molar-refractivity contribution in [3.8, 4) is 0 Å². The molecule has 1 fully saturated rings. The van der Waals surface area contributed by atoms with Gasteiger partial charge in [-0.1, -0.05) is 28.6 Å². The fourth-order valence-electron chi connectivity index (χ4n) is 3.31. The minimum Gasteiger partial charge on any atom is -0.361 e. The molecule has 1 saturated heterocycles. The lowest BCUT2D eigenvalue weighted by Crippen LogP contribution is -2.49. The fraction of sp³-hybridized carbons (Fsp3) is 0.421. The molecule has 142 valence electrons. The zero-order chi connectivity index (χ0) is 19.0. The summed E-state index contributed by atoms with van der Waals surface area (Å²) >= 11 is 1.70. The molecule has 2 aromatic heterocycles. The van der Waals surface area contributed by atoms with Gasteiger partial charge in [-0.15, -0.1) is 0 Å². The molecule has 4 rings (SSSR count). The van der Waals surface area contributed by atoms with Crippen LogP contribution in [0.15, 0.2) is 28.8 Å². The van der Waals surface area contributed by atoms with Crippen LogP contribution in [0.25, 0.3) is 10.2 Å². The molecule has 0 saturated carbocycles. The summed E-state index contributed by atoms with van der Waals surface area (Å²) in [4.78, 5) is 23.8. The van der Waals surface area contributed by atoms with E-state index in [1.807, 2.05) is 49.0 Å². The molecular formula is C19H23N5O2S. The van der Waals surface area contributed by atoms with Gasteiger partial charge in [0.2, 0.25) is 0 Å². The molecule has 3 heterocycles. The van der Waals surface area contributed by atoms with Crippen molar-refractivity contribution in [3.05, 3.63) is 41.3 Å². The van der Waals surface area contributed by atoms with Gasteiger partial charge in [0, 0.05) is 38.3 Å². The summed E-state index contributed by atoms with van der Waals surface area (Å²) in [6.07, 6.45) is 0. The van der Waals surface area contributed by atoms with Gasteiger partial charge in [0.25, 0.3) is 5.91 Å². The van der Waals surface area contributed by atoms with Crippen LogP contribution in [-0.2, 0) is 6.54 Å². The quantitative estimate of drug-likeness (QED) is 0.688. The van der Waals surface area contributed by atoms with Crippen molar-refractivity contribution < 1.29 is 9.32 Å². The molecular weight excluding hydrogens is 362 g/mol. The fourth-order valence-corrected chi connectivity index (χ4v) is 4.32. The van der Waals surface area contributed by atoms with Crippen molar-refractivity contribution in [1.29, 1.82) is 0 Å². The van der Waals surface area contributed by atoms with Gasteiger partial charge in [0.15, 0.2) is 10.8 Å². The number of hydrogen-bond acceptors (Lipinski definition) is 7. The molecule has 7 nitrogen and oxygen atoms in total. The Balaban J connectivity index is 1.45. The minimum absolute atomic E-state index is 0.0485. The Morgan fingerprint density at radius 3 is 2.67 bits per heavy atom. The zero-order valence-corrected chi connectivity index (χ0v) is 16.6. The molecule has 1 aliphatic rings. The van der Waals surface area contributed by atoms with Gasteiger partial charge in [0.1, 0.15) is 5.76 Å². The number of carbonyl (C=O) groups excluding carboxylic acids is 1. The number of fused-ring (bicyclic) bond motifs is 1. The van der Waals surface area contributed by atoms with Crippen LogP contribution in [0, 0.1) is 6.92 Å². The highest BCUT2D eigenvalue weighted by atomic mass is 32.1. The third-order valence-corrected chi connectivity index (χ3v) is 5.88. The van der Waals surface area contributed by atoms with E-state index in [9.17, 15) is 4.79 Å². The minimum atomic E-state index is -0.0485. The van der Waals surface area contributed by atoms with Crippen molar-refractivity contribution >= 4 is 32.6 Å². The smallest absolute Gasteiger partial charge is 0.276 e. The van der Waals surface area contributed by atoms with Gasteiger partial charge >= 0.3 is 0 Å². The summed E-state index contributed by atoms with van der Waals surface area (Å²) in [5, 5.41) is 5.06. The van der Waals surface area contributed by atoms with Crippen molar-refractivity contribution in [2.75, 3.05) is 45.2 Å². The highest BCUT2D eigenvalue weighted by molar-refractivity contribution is 7.22. The van der Waals surface area contributed by atoms with Crippen molar-refractivity contribution in [2.24, 2.45) is 0 Å². The Bertz CT molecular complexity index is 923. The van der Waals surface area contributed by atoms with E-state index in [-0.39, 0.29) is 5.91 Å². The van der Waals surface area contributed by atoms with E-state index in [4.69, 9.17) is 9.51 Å². The van der Waals surface area contributed by atoms with Gasteiger partial charge in [0.05, 0.1) is 10.2 Å². The molecule has 3 aromatic rings. The Labute approximate surface area is 162 Å². The first kappa shape index (κ1) is 17.9. The van der Waals surface area contributed by atoms with Crippen molar-refractivity contribution in [2.45, 2.75) is 13.5 Å². The van der Waals surface area contributed by atoms with Gasteiger partial charge in [-0.05, 0) is 33.2 Å². The van der Waals surface area contributed by atoms with Crippen LogP contribution < -0.4 is 4.90 Å². The summed E-state index contributed by atoms with van der Waals surface area (Å²) in [7, 11) is 3.94. The average Bonchev–Trinajstić information content (AvgIpc) is 3.25. The first-order valence-corrected chi connectivity index (χ1v) is 9.84. The van der Waals surface area contributed by atoms with Crippen LogP contribution >= 0.6 is 11.3 Å². The number of anilines is 1. The number of piperazine rings is 1. The number of aryl methyl sites for hydroxylation is 1. The van der Waals surface area contributed by atoms with Gasteiger partial charge in [-0.3, -0.25) is 4.79 Å². The summed E-state index contributed by atoms with van der Waals surface area (Å²) < 4.78 is 6.48. The maximum Gasteiger partial charge on any atom is 0.276 e. The first-order chi connectivity index (χ1) is 13.0. The molecule has 0 spiro atoms. The van der Waals surface area contributed by atoms with Crippen LogP contribution in [0.3, 0.4) is 0 Å². The number of aromatic nitrogens is 2. The van der Waals surface area contributed by atoms with Crippen LogP contribution in [0.1, 0.15) is 21.8 Å². The van der Waals surface area contributed by atoms with E-state index in [0.717, 1.165) is 29.3 Å². The lowest BCUT2D eigenvalue weighted by Gasteiger charge is -2.34. The van der Waals surface area contributed by atoms with Gasteiger partial charge < -0.3 is 19.2 Å². The number of benzene rings is 1. The normalized spacial score (nSPS) is 15.1. The van der Waals surface area contributed by atoms with Crippen molar-refractivity contribution in [1.82, 2.24) is 19.9 Å². The molecule has 0 aliphatic carbocycles. The molecule has 0 radical (unpaired) electrons. The summed E-state index contributed by atoms with van der Waals surface area (Å²) in [6.45, 7) is 5.34. The molecule has 1 aliphatic heterocycles. The molecule has 0 bridgehead atoms. The van der Waals surface area contributed by atoms with Gasteiger partial charge in [-0.25, -0.2) is 4.98 Å². The topological polar surface area (TPSA) is 65.7 Å². The SMILES string of the molecule is Cc1onc(C(=O)N2CCN(c3nc4ccccc4s3)CC2)c1CN(C)C. The van der Waals surface area contributed by atoms with Crippen molar-refractivity contribution in [3.63, 3.8) is 0 Å². The van der Waals surface area contributed by atoms with Crippen LogP contribution in [0.2, 0.25) is 0 Å². The number of rotatable bonds is 4. The molecule has 27 heavy (non-hydrogen) atoms. The van der Waals surface area contributed by atoms with E-state index in [0.29, 0.717) is 31.1 Å². The predicted octanol–water partition coefficient (Wildman–Crippen LogP) is 2.62. The number of nitrogens with zero attached hydrogens (tertiary/aromatic N) is 5. The summed E-state index contributed by atoms with van der Waals surface area (Å²) in [5.41, 5.74) is 2.34. The van der Waals surface area contributed by atoms with E-state index in [2.05, 4.69) is 16.1 Å². The van der Waals surface area contributed by atoms with Gasteiger partial charge in [-0.2, -0.15) is 0 Å². The number of thiazole rings is 1. The van der Waals surface area contributed by atoms with E-state index >= 15 is 0 Å². The molecule has 1 amide bonds. The standard InChI is InChI=1S/C19H23N5O2S/c1-13-14(12-22(2)3)17(21-26-13)18(25)23-8-10-24(11-9-23)19-20-15-6-4-5-7-16(15)27-19/h4-7H,8-12H2,1-3H3. The number of carbonyl (C=O) groups is 1. The highest BCUT2D eigenvalue weighted by Gasteiger charge is 2.28. The molecule has 1 aromatic carbocycles. The van der Waals surface area contributed by atoms with E-state index < -0.39 is 0 Å². The Morgan fingerprint density at radius 1 is 1.22 bits per heavy atom. The van der Waals surface area contributed by atoms with E-state index in [1.54, 1.807) is 11.3 Å². The lowest BCUT2D eigenvalue weighted by atomic mass is 10.1. The second-order valence-electron chi connectivity index (χ2n) is 7.05. The zero-order valence-electron chi connectivity index (χ0n) is 15.8. The van der Waals surface area contributed by atoms with E-state index in [1.165, 1.54) is 4.70 Å². The largest absolute Gasteiger partial charge is 0.361 e. The predicted molar refractivity (Wildman–Crippen MR) is 106 cm³/mol. The Morgan fingerprint density at radius 2 is 1.96 bits per heavy atom. The molecule has 8 heteroatoms. The average molecular weight is 385 g/mol. The molecule has 0 atom stereocenters.